The molecule has 0 amide bonds. The van der Waals surface area contributed by atoms with Crippen LogP contribution in [0.4, 0.5) is 0 Å². The van der Waals surface area contributed by atoms with Gasteiger partial charge < -0.3 is 19.4 Å². The minimum Gasteiger partial charge on any atom is -0.337 e. The van der Waals surface area contributed by atoms with Gasteiger partial charge in [-0.25, -0.2) is 18.2 Å². The van der Waals surface area contributed by atoms with E-state index in [2.05, 4.69) is 13.1 Å². The third-order valence-corrected chi connectivity index (χ3v) is 8.64. The van der Waals surface area contributed by atoms with E-state index in [1.54, 1.807) is 6.26 Å². The molecule has 2 rings (SSSR count). The lowest BCUT2D eigenvalue weighted by molar-refractivity contribution is -0.0435. The summed E-state index contributed by atoms with van der Waals surface area (Å²) in [6, 6.07) is 1.07. The second-order valence-corrected chi connectivity index (χ2v) is 11.3. The van der Waals surface area contributed by atoms with Gasteiger partial charge in [-0.2, -0.15) is 4.31 Å². The van der Waals surface area contributed by atoms with E-state index in [9.17, 15) is 28.2 Å². The van der Waals surface area contributed by atoms with Crippen LogP contribution in [0.3, 0.4) is 0 Å². The normalized spacial score (nSPS) is 29.8. The quantitative estimate of drug-likeness (QED) is 0.264. The summed E-state index contributed by atoms with van der Waals surface area (Å²) >= 11 is 7.24. The van der Waals surface area contributed by atoms with Crippen LogP contribution in [0.5, 0.6) is 0 Å². The van der Waals surface area contributed by atoms with E-state index in [0.29, 0.717) is 0 Å². The Hall–Kier alpha value is -0.270. The fourth-order valence-electron chi connectivity index (χ4n) is 2.33. The van der Waals surface area contributed by atoms with Crippen LogP contribution in [0.2, 0.25) is 0 Å². The van der Waals surface area contributed by atoms with Gasteiger partial charge in [-0.05, 0) is 6.26 Å². The zero-order valence-electron chi connectivity index (χ0n) is 14.4. The number of thioether (sulfide) groups is 1. The molecule has 0 radical (unpaired) electrons. The Bertz CT molecular complexity index is 985. The SMILES string of the molecule is CS[C@@]1(COP(=O)(O)OP(=O)(O)O[PH](=O)O)C[C@@H](Cl)[C@@H](n2ccc(=O)[nH]c2=O)O1. The molecule has 14 nitrogen and oxygen atoms in total. The number of hydrogen-bond acceptors (Lipinski definition) is 10. The van der Waals surface area contributed by atoms with Crippen LogP contribution < -0.4 is 11.2 Å². The highest BCUT2D eigenvalue weighted by molar-refractivity contribution is 7.99. The number of nitrogens with one attached hydrogen (secondary N) is 1. The number of H-pyrrole nitrogens is 1. The van der Waals surface area contributed by atoms with Crippen LogP contribution in [0.1, 0.15) is 12.6 Å². The number of aromatic amines is 1. The Labute approximate surface area is 172 Å². The highest BCUT2D eigenvalue weighted by atomic mass is 35.5. The maximum absolute atomic E-state index is 11.9. The second-order valence-electron chi connectivity index (χ2n) is 5.51. The largest absolute Gasteiger partial charge is 0.488 e. The van der Waals surface area contributed by atoms with Crippen molar-refractivity contribution in [3.8, 4) is 0 Å². The molecule has 1 aliphatic rings. The van der Waals surface area contributed by atoms with Gasteiger partial charge >= 0.3 is 29.6 Å². The van der Waals surface area contributed by atoms with Crippen LogP contribution in [-0.2, 0) is 31.6 Å². The number of phosphoric acid groups is 2. The molecule has 0 aromatic carbocycles. The lowest BCUT2D eigenvalue weighted by Gasteiger charge is -2.28. The first-order valence-corrected chi connectivity index (χ1v) is 13.3. The zero-order chi connectivity index (χ0) is 22.0. The van der Waals surface area contributed by atoms with E-state index in [-0.39, 0.29) is 6.42 Å². The molecule has 166 valence electrons. The van der Waals surface area contributed by atoms with Gasteiger partial charge in [0.15, 0.2) is 6.23 Å². The van der Waals surface area contributed by atoms with Crippen LogP contribution in [0, 0.1) is 0 Å². The first kappa shape index (κ1) is 25.0. The summed E-state index contributed by atoms with van der Waals surface area (Å²) in [4.78, 5) is 51.0. The monoisotopic (exact) mass is 516 g/mol. The van der Waals surface area contributed by atoms with Gasteiger partial charge in [0.1, 0.15) is 4.93 Å². The van der Waals surface area contributed by atoms with Crippen molar-refractivity contribution in [1.82, 2.24) is 9.55 Å². The molecule has 0 spiro atoms. The molecule has 0 saturated carbocycles. The summed E-state index contributed by atoms with van der Waals surface area (Å²) in [5, 5.41) is -0.819. The third kappa shape index (κ3) is 6.86. The summed E-state index contributed by atoms with van der Waals surface area (Å²) in [7, 11) is -14.5. The summed E-state index contributed by atoms with van der Waals surface area (Å²) in [5.41, 5.74) is -1.42. The van der Waals surface area contributed by atoms with Crippen LogP contribution in [0.15, 0.2) is 21.9 Å². The molecule has 1 aromatic rings. The molecule has 1 fully saturated rings. The Balaban J connectivity index is 2.13. The Morgan fingerprint density at radius 1 is 1.45 bits per heavy atom. The number of ether oxygens (including phenoxy) is 1. The van der Waals surface area contributed by atoms with Gasteiger partial charge in [0, 0.05) is 18.7 Å². The maximum atomic E-state index is 11.9. The average Bonchev–Trinajstić information content (AvgIpc) is 2.88. The van der Waals surface area contributed by atoms with Crippen molar-refractivity contribution in [3.05, 3.63) is 33.1 Å². The third-order valence-electron chi connectivity index (χ3n) is 3.50. The van der Waals surface area contributed by atoms with E-state index in [1.165, 1.54) is 0 Å². The van der Waals surface area contributed by atoms with Gasteiger partial charge in [-0.15, -0.1) is 23.4 Å². The number of hydrogen-bond donors (Lipinski definition) is 4. The fourth-order valence-corrected chi connectivity index (χ4v) is 6.48. The lowest BCUT2D eigenvalue weighted by Crippen LogP contribution is -2.35. The van der Waals surface area contributed by atoms with Crippen molar-refractivity contribution in [2.45, 2.75) is 23.0 Å². The number of nitrogens with zero attached hydrogens (tertiary/aromatic N) is 1. The number of aromatic nitrogens is 2. The van der Waals surface area contributed by atoms with Gasteiger partial charge in [0.05, 0.1) is 12.0 Å². The topological polar surface area (TPSA) is 204 Å². The molecule has 6 atom stereocenters. The number of rotatable bonds is 9. The van der Waals surface area contributed by atoms with Crippen LogP contribution in [-0.4, -0.2) is 47.4 Å². The first-order valence-electron chi connectivity index (χ1n) is 7.41. The Morgan fingerprint density at radius 3 is 2.66 bits per heavy atom. The van der Waals surface area contributed by atoms with Crippen molar-refractivity contribution in [2.24, 2.45) is 0 Å². The fraction of sp³-hybridized carbons (Fsp3) is 0.600. The summed E-state index contributed by atoms with van der Waals surface area (Å²) in [6.45, 7) is -0.686. The molecular weight excluding hydrogens is 501 g/mol. The minimum atomic E-state index is -5.35. The van der Waals surface area contributed by atoms with E-state index >= 15 is 0 Å². The molecule has 19 heteroatoms. The van der Waals surface area contributed by atoms with Crippen LogP contribution >= 0.6 is 47.3 Å². The zero-order valence-corrected chi connectivity index (χ0v) is 18.7. The standard InChI is InChI=1S/C10H16ClN2O12P3S/c1-29-10(5-22-27(18,19)25-28(20,21)24-26(16)17)4-6(11)8(23-10)13-3-2-7(14)12-9(13)15/h2-3,6,8,26H,4-5H2,1H3,(H,16,17)(H,18,19)(H,20,21)(H,12,14,15)/t6-,8+,10-/m1/s1. The molecule has 0 bridgehead atoms. The first-order chi connectivity index (χ1) is 13.3. The lowest BCUT2D eigenvalue weighted by atomic mass is 10.2. The van der Waals surface area contributed by atoms with Gasteiger partial charge in [-0.3, -0.25) is 23.4 Å². The van der Waals surface area contributed by atoms with E-state index in [1.807, 2.05) is 4.98 Å². The van der Waals surface area contributed by atoms with E-state index in [4.69, 9.17) is 26.1 Å². The van der Waals surface area contributed by atoms with Crippen molar-refractivity contribution >= 4 is 47.3 Å². The van der Waals surface area contributed by atoms with E-state index < -0.39 is 58.3 Å². The highest BCUT2D eigenvalue weighted by Gasteiger charge is 2.49. The molecule has 0 aliphatic carbocycles. The van der Waals surface area contributed by atoms with Crippen molar-refractivity contribution in [3.63, 3.8) is 0 Å². The number of halogens is 1. The van der Waals surface area contributed by atoms with Crippen molar-refractivity contribution < 1.29 is 46.3 Å². The number of phosphoric ester groups is 1. The number of alkyl halides is 1. The summed E-state index contributed by atoms with van der Waals surface area (Å²) < 4.78 is 52.7. The van der Waals surface area contributed by atoms with Crippen LogP contribution in [0.25, 0.3) is 0 Å². The van der Waals surface area contributed by atoms with Crippen molar-refractivity contribution in [1.29, 1.82) is 0 Å². The molecule has 1 aromatic heterocycles. The summed E-state index contributed by atoms with van der Waals surface area (Å²) in [5.74, 6) is 0. The molecule has 4 N–H and O–H groups in total. The maximum Gasteiger partial charge on any atom is 0.488 e. The minimum absolute atomic E-state index is 0.00356. The van der Waals surface area contributed by atoms with Crippen molar-refractivity contribution in [2.75, 3.05) is 12.9 Å². The predicted octanol–water partition coefficient (Wildman–Crippen LogP) is 0.755. The Morgan fingerprint density at radius 2 is 2.10 bits per heavy atom. The van der Waals surface area contributed by atoms with E-state index in [0.717, 1.165) is 28.6 Å². The van der Waals surface area contributed by atoms with Gasteiger partial charge in [0.25, 0.3) is 5.56 Å². The van der Waals surface area contributed by atoms with Gasteiger partial charge in [0.2, 0.25) is 0 Å². The smallest absolute Gasteiger partial charge is 0.337 e. The Kier molecular flexibility index (Phi) is 8.17. The average molecular weight is 517 g/mol. The molecule has 3 unspecified atom stereocenters. The predicted molar refractivity (Wildman–Crippen MR) is 101 cm³/mol. The molecular formula is C10H16ClN2O12P3S. The van der Waals surface area contributed by atoms with Gasteiger partial charge in [-0.1, -0.05) is 0 Å². The summed E-state index contributed by atoms with van der Waals surface area (Å²) in [6.07, 6.45) is 1.65. The highest BCUT2D eigenvalue weighted by Crippen LogP contribution is 2.64. The molecule has 2 heterocycles. The molecule has 1 saturated heterocycles. The second kappa shape index (κ2) is 9.47. The molecule has 29 heavy (non-hydrogen) atoms. The molecule has 1 aliphatic heterocycles.